The Kier molecular flexibility index (Phi) is 3.70. The predicted molar refractivity (Wildman–Crippen MR) is 74.7 cm³/mol. The lowest BCUT2D eigenvalue weighted by molar-refractivity contribution is 0.100. The van der Waals surface area contributed by atoms with E-state index in [-0.39, 0.29) is 6.04 Å². The van der Waals surface area contributed by atoms with Crippen molar-refractivity contribution < 1.29 is 4.79 Å². The maximum atomic E-state index is 11.2. The van der Waals surface area contributed by atoms with E-state index in [2.05, 4.69) is 10.4 Å². The maximum absolute atomic E-state index is 11.2. The Labute approximate surface area is 111 Å². The molecule has 0 aliphatic rings. The molecule has 2 rings (SSSR count). The Balaban J connectivity index is 2.10. The topological polar surface area (TPSA) is 99.0 Å². The van der Waals surface area contributed by atoms with Gasteiger partial charge < -0.3 is 16.8 Å². The Bertz CT molecular complexity index is 564. The van der Waals surface area contributed by atoms with Crippen molar-refractivity contribution in [2.24, 2.45) is 5.73 Å². The minimum atomic E-state index is -0.527. The van der Waals surface area contributed by atoms with Gasteiger partial charge in [-0.25, -0.2) is 0 Å². The highest BCUT2D eigenvalue weighted by molar-refractivity contribution is 6.00. The lowest BCUT2D eigenvalue weighted by atomic mass is 10.1. The number of amides is 1. The molecule has 1 aromatic carbocycles. The SMILES string of the molecule is CC(Cn1cccn1)Nc1cccc(C(N)=O)c1N. The zero-order valence-electron chi connectivity index (χ0n) is 10.7. The van der Waals surface area contributed by atoms with Crippen molar-refractivity contribution in [2.45, 2.75) is 19.5 Å². The van der Waals surface area contributed by atoms with Gasteiger partial charge in [0.05, 0.1) is 23.5 Å². The minimum Gasteiger partial charge on any atom is -0.396 e. The molecule has 0 spiro atoms. The fourth-order valence-electron chi connectivity index (χ4n) is 1.91. The normalized spacial score (nSPS) is 12.1. The van der Waals surface area contributed by atoms with E-state index in [9.17, 15) is 4.79 Å². The second-order valence-corrected chi connectivity index (χ2v) is 4.40. The number of para-hydroxylation sites is 1. The number of hydrogen-bond donors (Lipinski definition) is 3. The van der Waals surface area contributed by atoms with Crippen LogP contribution in [0.15, 0.2) is 36.7 Å². The van der Waals surface area contributed by atoms with Crippen LogP contribution in [0.3, 0.4) is 0 Å². The molecule has 1 amide bonds. The molecule has 100 valence electrons. The molecule has 1 unspecified atom stereocenters. The average molecular weight is 259 g/mol. The molecule has 0 saturated carbocycles. The van der Waals surface area contributed by atoms with Crippen molar-refractivity contribution in [3.8, 4) is 0 Å². The zero-order valence-corrected chi connectivity index (χ0v) is 10.7. The average Bonchev–Trinajstić information content (AvgIpc) is 2.84. The molecule has 0 bridgehead atoms. The summed E-state index contributed by atoms with van der Waals surface area (Å²) >= 11 is 0. The van der Waals surface area contributed by atoms with Gasteiger partial charge in [-0.3, -0.25) is 9.48 Å². The third kappa shape index (κ3) is 3.04. The molecule has 1 heterocycles. The van der Waals surface area contributed by atoms with E-state index in [0.29, 0.717) is 23.5 Å². The number of anilines is 2. The molecule has 6 heteroatoms. The fraction of sp³-hybridized carbons (Fsp3) is 0.231. The van der Waals surface area contributed by atoms with Gasteiger partial charge in [0.1, 0.15) is 0 Å². The number of nitrogens with one attached hydrogen (secondary N) is 1. The number of primary amides is 1. The van der Waals surface area contributed by atoms with Crippen LogP contribution >= 0.6 is 0 Å². The first-order valence-corrected chi connectivity index (χ1v) is 6.00. The Morgan fingerprint density at radius 2 is 2.26 bits per heavy atom. The number of nitrogens with two attached hydrogens (primary N) is 2. The number of benzene rings is 1. The number of aromatic nitrogens is 2. The van der Waals surface area contributed by atoms with E-state index in [1.165, 1.54) is 0 Å². The number of rotatable bonds is 5. The largest absolute Gasteiger partial charge is 0.396 e. The van der Waals surface area contributed by atoms with Crippen LogP contribution in [-0.4, -0.2) is 21.7 Å². The summed E-state index contributed by atoms with van der Waals surface area (Å²) in [4.78, 5) is 11.2. The Hall–Kier alpha value is -2.50. The van der Waals surface area contributed by atoms with E-state index in [4.69, 9.17) is 11.5 Å². The number of nitrogen functional groups attached to an aromatic ring is 1. The predicted octanol–water partition coefficient (Wildman–Crippen LogP) is 1.06. The number of nitrogens with zero attached hydrogens (tertiary/aromatic N) is 2. The van der Waals surface area contributed by atoms with Gasteiger partial charge in [0.2, 0.25) is 0 Å². The molecule has 0 aliphatic heterocycles. The lowest BCUT2D eigenvalue weighted by Gasteiger charge is -2.17. The van der Waals surface area contributed by atoms with Crippen LogP contribution in [0.2, 0.25) is 0 Å². The summed E-state index contributed by atoms with van der Waals surface area (Å²) in [6.45, 7) is 2.71. The van der Waals surface area contributed by atoms with Crippen molar-refractivity contribution in [1.29, 1.82) is 0 Å². The Morgan fingerprint density at radius 1 is 1.47 bits per heavy atom. The van der Waals surface area contributed by atoms with Crippen molar-refractivity contribution in [3.05, 3.63) is 42.2 Å². The van der Waals surface area contributed by atoms with Crippen LogP contribution in [0, 0.1) is 0 Å². The van der Waals surface area contributed by atoms with Crippen LogP contribution in [0.25, 0.3) is 0 Å². The Morgan fingerprint density at radius 3 is 2.89 bits per heavy atom. The summed E-state index contributed by atoms with van der Waals surface area (Å²) in [5.74, 6) is -0.527. The van der Waals surface area contributed by atoms with Crippen molar-refractivity contribution >= 4 is 17.3 Å². The first-order valence-electron chi connectivity index (χ1n) is 6.00. The molecule has 0 radical (unpaired) electrons. The van der Waals surface area contributed by atoms with Crippen molar-refractivity contribution in [1.82, 2.24) is 9.78 Å². The van der Waals surface area contributed by atoms with Gasteiger partial charge in [0.15, 0.2) is 0 Å². The second-order valence-electron chi connectivity index (χ2n) is 4.40. The third-order valence-electron chi connectivity index (χ3n) is 2.79. The molecule has 1 atom stereocenters. The first-order chi connectivity index (χ1) is 9.08. The van der Waals surface area contributed by atoms with Crippen molar-refractivity contribution in [2.75, 3.05) is 11.1 Å². The molecule has 6 nitrogen and oxygen atoms in total. The van der Waals surface area contributed by atoms with Crippen LogP contribution in [0.1, 0.15) is 17.3 Å². The van der Waals surface area contributed by atoms with Gasteiger partial charge in [0, 0.05) is 18.4 Å². The van der Waals surface area contributed by atoms with Gasteiger partial charge in [-0.2, -0.15) is 5.10 Å². The first kappa shape index (κ1) is 12.9. The third-order valence-corrected chi connectivity index (χ3v) is 2.79. The summed E-state index contributed by atoms with van der Waals surface area (Å²) < 4.78 is 1.83. The zero-order chi connectivity index (χ0) is 13.8. The van der Waals surface area contributed by atoms with E-state index >= 15 is 0 Å². The number of hydrogen-bond acceptors (Lipinski definition) is 4. The lowest BCUT2D eigenvalue weighted by Crippen LogP contribution is -2.23. The monoisotopic (exact) mass is 259 g/mol. The van der Waals surface area contributed by atoms with Gasteiger partial charge in [-0.1, -0.05) is 6.07 Å². The van der Waals surface area contributed by atoms with Gasteiger partial charge in [0.25, 0.3) is 5.91 Å². The molecule has 2 aromatic rings. The van der Waals surface area contributed by atoms with Gasteiger partial charge >= 0.3 is 0 Å². The summed E-state index contributed by atoms with van der Waals surface area (Å²) in [7, 11) is 0. The highest BCUT2D eigenvalue weighted by Gasteiger charge is 2.11. The number of carbonyl (C=O) groups excluding carboxylic acids is 1. The summed E-state index contributed by atoms with van der Waals surface area (Å²) in [6.07, 6.45) is 3.62. The minimum absolute atomic E-state index is 0.116. The number of carbonyl (C=O) groups is 1. The molecular weight excluding hydrogens is 242 g/mol. The molecule has 19 heavy (non-hydrogen) atoms. The van der Waals surface area contributed by atoms with Crippen LogP contribution < -0.4 is 16.8 Å². The quantitative estimate of drug-likeness (QED) is 0.699. The van der Waals surface area contributed by atoms with E-state index in [1.54, 1.807) is 18.3 Å². The smallest absolute Gasteiger partial charge is 0.250 e. The van der Waals surface area contributed by atoms with Crippen LogP contribution in [0.5, 0.6) is 0 Å². The molecule has 0 fully saturated rings. The molecule has 0 aliphatic carbocycles. The molecule has 1 aromatic heterocycles. The van der Waals surface area contributed by atoms with E-state index < -0.39 is 5.91 Å². The standard InChI is InChI=1S/C13H17N5O/c1-9(8-18-7-3-6-16-18)17-11-5-2-4-10(12(11)14)13(15)19/h2-7,9,17H,8,14H2,1H3,(H2,15,19). The van der Waals surface area contributed by atoms with E-state index in [0.717, 1.165) is 0 Å². The second kappa shape index (κ2) is 5.43. The van der Waals surface area contributed by atoms with Crippen molar-refractivity contribution in [3.63, 3.8) is 0 Å². The van der Waals surface area contributed by atoms with Crippen LogP contribution in [0.4, 0.5) is 11.4 Å². The molecule has 5 N–H and O–H groups in total. The highest BCUT2D eigenvalue weighted by atomic mass is 16.1. The molecular formula is C13H17N5O. The highest BCUT2D eigenvalue weighted by Crippen LogP contribution is 2.23. The van der Waals surface area contributed by atoms with Gasteiger partial charge in [-0.05, 0) is 25.1 Å². The summed E-state index contributed by atoms with van der Waals surface area (Å²) in [6, 6.07) is 7.17. The summed E-state index contributed by atoms with van der Waals surface area (Å²) in [5, 5.41) is 7.39. The van der Waals surface area contributed by atoms with E-state index in [1.807, 2.05) is 29.9 Å². The fourth-order valence-corrected chi connectivity index (χ4v) is 1.91. The van der Waals surface area contributed by atoms with Crippen LogP contribution in [-0.2, 0) is 6.54 Å². The summed E-state index contributed by atoms with van der Waals surface area (Å²) in [5.41, 5.74) is 12.6. The molecule has 0 saturated heterocycles. The van der Waals surface area contributed by atoms with Gasteiger partial charge in [-0.15, -0.1) is 0 Å². The maximum Gasteiger partial charge on any atom is 0.250 e.